The highest BCUT2D eigenvalue weighted by Gasteiger charge is 2.81. The first-order valence-corrected chi connectivity index (χ1v) is 3.39. The van der Waals surface area contributed by atoms with Crippen LogP contribution >= 0.6 is 0 Å². The van der Waals surface area contributed by atoms with Gasteiger partial charge in [-0.2, -0.15) is 0 Å². The van der Waals surface area contributed by atoms with Gasteiger partial charge < -0.3 is 0 Å². The molecule has 0 unspecified atom stereocenters. The Kier molecular flexibility index (Phi) is 0.793. The number of hydrogen-bond acceptors (Lipinski definition) is 1. The van der Waals surface area contributed by atoms with Crippen molar-refractivity contribution in [2.45, 2.75) is 25.7 Å². The van der Waals surface area contributed by atoms with Crippen LogP contribution in [0.25, 0.3) is 0 Å². The molecule has 3 heteroatoms. The lowest BCUT2D eigenvalue weighted by Crippen LogP contribution is -2.73. The minimum atomic E-state index is -2.65. The van der Waals surface area contributed by atoms with Crippen molar-refractivity contribution in [2.24, 2.45) is 11.3 Å². The maximum absolute atomic E-state index is 12.7. The molecule has 56 valence electrons. The monoisotopic (exact) mass is 146 g/mol. The molecule has 3 aliphatic rings. The smallest absolute Gasteiger partial charge is 0.263 e. The molecule has 0 amide bonds. The molecule has 0 atom stereocenters. The van der Waals surface area contributed by atoms with E-state index < -0.39 is 17.3 Å². The van der Waals surface area contributed by atoms with Crippen LogP contribution in [0.15, 0.2) is 0 Å². The standard InChI is InChI=1S/C7H8F2O/c1-4(10)6-2-5(3-6)7(6,8)9/h5H,2-3H2,1H3. The molecule has 3 rings (SSSR count). The van der Waals surface area contributed by atoms with Gasteiger partial charge in [-0.3, -0.25) is 4.79 Å². The van der Waals surface area contributed by atoms with Crippen LogP contribution in [0.3, 0.4) is 0 Å². The molecule has 0 aliphatic heterocycles. The largest absolute Gasteiger partial charge is 0.299 e. The van der Waals surface area contributed by atoms with E-state index in [2.05, 4.69) is 0 Å². The second-order valence-corrected chi connectivity index (χ2v) is 3.37. The molecule has 1 nitrogen and oxygen atoms in total. The van der Waals surface area contributed by atoms with Gasteiger partial charge in [0.05, 0.1) is 5.41 Å². The van der Waals surface area contributed by atoms with Crippen LogP contribution in [0, 0.1) is 11.3 Å². The first-order valence-electron chi connectivity index (χ1n) is 3.39. The van der Waals surface area contributed by atoms with E-state index in [0.29, 0.717) is 12.8 Å². The van der Waals surface area contributed by atoms with Gasteiger partial charge in [-0.1, -0.05) is 0 Å². The number of hydrogen-bond donors (Lipinski definition) is 0. The second kappa shape index (κ2) is 1.27. The van der Waals surface area contributed by atoms with Crippen molar-refractivity contribution >= 4 is 5.78 Å². The Balaban J connectivity index is 2.28. The van der Waals surface area contributed by atoms with E-state index in [-0.39, 0.29) is 5.78 Å². The van der Waals surface area contributed by atoms with Crippen LogP contribution in [0.5, 0.6) is 0 Å². The maximum atomic E-state index is 12.7. The van der Waals surface area contributed by atoms with E-state index in [0.717, 1.165) is 0 Å². The van der Waals surface area contributed by atoms with E-state index >= 15 is 0 Å². The lowest BCUT2D eigenvalue weighted by Gasteiger charge is -2.65. The van der Waals surface area contributed by atoms with Crippen LogP contribution in [-0.2, 0) is 4.79 Å². The number of alkyl halides is 2. The van der Waals surface area contributed by atoms with Gasteiger partial charge >= 0.3 is 0 Å². The number of carbonyl (C=O) groups is 1. The van der Waals surface area contributed by atoms with Crippen LogP contribution in [0.2, 0.25) is 0 Å². The molecule has 10 heavy (non-hydrogen) atoms. The molecule has 0 spiro atoms. The molecule has 0 N–H and O–H groups in total. The predicted octanol–water partition coefficient (Wildman–Crippen LogP) is 1.62. The molecule has 3 saturated carbocycles. The van der Waals surface area contributed by atoms with Crippen molar-refractivity contribution in [1.82, 2.24) is 0 Å². The number of halogens is 2. The minimum Gasteiger partial charge on any atom is -0.299 e. The molecule has 0 saturated heterocycles. The quantitative estimate of drug-likeness (QED) is 0.549. The fourth-order valence-corrected chi connectivity index (χ4v) is 1.96. The predicted molar refractivity (Wildman–Crippen MR) is 30.8 cm³/mol. The lowest BCUT2D eigenvalue weighted by molar-refractivity contribution is -0.328. The van der Waals surface area contributed by atoms with Gasteiger partial charge in [0.25, 0.3) is 5.92 Å². The molecule has 3 aliphatic carbocycles. The first-order chi connectivity index (χ1) is 4.51. The Morgan fingerprint density at radius 1 is 1.50 bits per heavy atom. The zero-order chi connectivity index (χ0) is 7.57. The summed E-state index contributed by atoms with van der Waals surface area (Å²) in [5, 5.41) is 0. The molecule has 0 radical (unpaired) electrons. The van der Waals surface area contributed by atoms with Gasteiger partial charge in [-0.15, -0.1) is 0 Å². The molecular weight excluding hydrogens is 138 g/mol. The Hall–Kier alpha value is -0.470. The summed E-state index contributed by atoms with van der Waals surface area (Å²) >= 11 is 0. The third-order valence-electron chi connectivity index (χ3n) is 3.01. The summed E-state index contributed by atoms with van der Waals surface area (Å²) in [6.07, 6.45) is 0.852. The third kappa shape index (κ3) is 0.344. The molecule has 0 heterocycles. The van der Waals surface area contributed by atoms with Crippen LogP contribution in [0.4, 0.5) is 8.78 Å². The fraction of sp³-hybridized carbons (Fsp3) is 0.857. The molecule has 0 aromatic rings. The molecule has 3 fully saturated rings. The summed E-state index contributed by atoms with van der Waals surface area (Å²) in [5.41, 5.74) is -1.21. The highest BCUT2D eigenvalue weighted by Crippen LogP contribution is 2.74. The van der Waals surface area contributed by atoms with Crippen molar-refractivity contribution < 1.29 is 13.6 Å². The van der Waals surface area contributed by atoms with Crippen molar-refractivity contribution in [3.63, 3.8) is 0 Å². The zero-order valence-electron chi connectivity index (χ0n) is 5.66. The fourth-order valence-electron chi connectivity index (χ4n) is 1.96. The summed E-state index contributed by atoms with van der Waals surface area (Å²) in [6.45, 7) is 1.27. The summed E-state index contributed by atoms with van der Waals surface area (Å²) in [6, 6.07) is 0. The van der Waals surface area contributed by atoms with E-state index in [1.165, 1.54) is 6.92 Å². The highest BCUT2D eigenvalue weighted by atomic mass is 19.3. The zero-order valence-corrected chi connectivity index (χ0v) is 5.66. The van der Waals surface area contributed by atoms with Crippen molar-refractivity contribution in [1.29, 1.82) is 0 Å². The van der Waals surface area contributed by atoms with E-state index in [4.69, 9.17) is 0 Å². The van der Waals surface area contributed by atoms with E-state index in [1.54, 1.807) is 0 Å². The molecule has 2 bridgehead atoms. The summed E-state index contributed by atoms with van der Waals surface area (Å²) in [7, 11) is 0. The number of ketones is 1. The van der Waals surface area contributed by atoms with Crippen LogP contribution in [-0.4, -0.2) is 11.7 Å². The SMILES string of the molecule is CC(=O)C12CC(C1)C2(F)F. The summed E-state index contributed by atoms with van der Waals surface area (Å²) in [4.78, 5) is 10.7. The van der Waals surface area contributed by atoms with Crippen LogP contribution < -0.4 is 0 Å². The second-order valence-electron chi connectivity index (χ2n) is 3.37. The van der Waals surface area contributed by atoms with Gasteiger partial charge in [0.2, 0.25) is 0 Å². The number of carbonyl (C=O) groups excluding carboxylic acids is 1. The van der Waals surface area contributed by atoms with E-state index in [1.807, 2.05) is 0 Å². The third-order valence-corrected chi connectivity index (χ3v) is 3.01. The Morgan fingerprint density at radius 3 is 2.00 bits per heavy atom. The summed E-state index contributed by atoms with van der Waals surface area (Å²) in [5.74, 6) is -3.46. The van der Waals surface area contributed by atoms with Gasteiger partial charge in [-0.05, 0) is 19.8 Å². The molecular formula is C7H8F2O. The maximum Gasteiger partial charge on any atom is 0.263 e. The van der Waals surface area contributed by atoms with Gasteiger partial charge in [0.1, 0.15) is 5.78 Å². The Labute approximate surface area is 57.4 Å². The molecule has 0 aromatic carbocycles. The summed E-state index contributed by atoms with van der Waals surface area (Å²) < 4.78 is 25.3. The molecule has 0 aromatic heterocycles. The normalized spacial score (nSPS) is 47.3. The Morgan fingerprint density at radius 2 is 2.00 bits per heavy atom. The first kappa shape index (κ1) is 6.25. The number of rotatable bonds is 1. The number of Topliss-reactive ketones (excluding diaryl/α,β-unsaturated/α-hetero) is 1. The Bertz CT molecular complexity index is 204. The van der Waals surface area contributed by atoms with Crippen molar-refractivity contribution in [3.05, 3.63) is 0 Å². The van der Waals surface area contributed by atoms with Gasteiger partial charge in [0.15, 0.2) is 0 Å². The topological polar surface area (TPSA) is 17.1 Å². The van der Waals surface area contributed by atoms with Crippen molar-refractivity contribution in [2.75, 3.05) is 0 Å². The average molecular weight is 146 g/mol. The van der Waals surface area contributed by atoms with Crippen molar-refractivity contribution in [3.8, 4) is 0 Å². The van der Waals surface area contributed by atoms with Gasteiger partial charge in [-0.25, -0.2) is 8.78 Å². The minimum absolute atomic E-state index is 0.333. The average Bonchev–Trinajstić information content (AvgIpc) is 1.58. The van der Waals surface area contributed by atoms with Crippen LogP contribution in [0.1, 0.15) is 19.8 Å². The van der Waals surface area contributed by atoms with E-state index in [9.17, 15) is 13.6 Å². The van der Waals surface area contributed by atoms with Gasteiger partial charge in [0, 0.05) is 5.92 Å². The lowest BCUT2D eigenvalue weighted by atomic mass is 9.40. The highest BCUT2D eigenvalue weighted by molar-refractivity contribution is 5.87.